The van der Waals surface area contributed by atoms with Gasteiger partial charge in [0, 0.05) is 12.2 Å². The van der Waals surface area contributed by atoms with E-state index in [1.54, 1.807) is 0 Å². The van der Waals surface area contributed by atoms with E-state index >= 15 is 0 Å². The third kappa shape index (κ3) is 2.97. The molecule has 1 fully saturated rings. The molecule has 0 radical (unpaired) electrons. The van der Waals surface area contributed by atoms with Gasteiger partial charge in [-0.3, -0.25) is 4.98 Å². The number of halogens is 3. The van der Waals surface area contributed by atoms with E-state index in [1.807, 2.05) is 0 Å². The van der Waals surface area contributed by atoms with Crippen molar-refractivity contribution in [3.05, 3.63) is 29.6 Å². The lowest BCUT2D eigenvalue weighted by Gasteiger charge is -2.27. The van der Waals surface area contributed by atoms with Gasteiger partial charge in [0.2, 0.25) is 0 Å². The Hall–Kier alpha value is -1.10. The molecule has 2 atom stereocenters. The summed E-state index contributed by atoms with van der Waals surface area (Å²) in [6.07, 6.45) is -1.38. The van der Waals surface area contributed by atoms with Gasteiger partial charge in [0.1, 0.15) is 0 Å². The van der Waals surface area contributed by atoms with E-state index in [9.17, 15) is 13.2 Å². The highest BCUT2D eigenvalue weighted by Gasteiger charge is 2.31. The van der Waals surface area contributed by atoms with Crippen LogP contribution in [0.5, 0.6) is 0 Å². The molecule has 5 heteroatoms. The molecule has 1 aromatic rings. The van der Waals surface area contributed by atoms with E-state index in [2.05, 4.69) is 17.2 Å². The van der Waals surface area contributed by atoms with Gasteiger partial charge in [-0.2, -0.15) is 13.2 Å². The van der Waals surface area contributed by atoms with Crippen molar-refractivity contribution in [2.24, 2.45) is 5.92 Å². The van der Waals surface area contributed by atoms with Crippen LogP contribution in [0.4, 0.5) is 13.2 Å². The number of piperidine rings is 1. The largest absolute Gasteiger partial charge is 0.417 e. The molecule has 2 nitrogen and oxygen atoms in total. The molecule has 17 heavy (non-hydrogen) atoms. The maximum Gasteiger partial charge on any atom is 0.417 e. The summed E-state index contributed by atoms with van der Waals surface area (Å²) in [7, 11) is 0. The Morgan fingerprint density at radius 3 is 2.53 bits per heavy atom. The molecular weight excluding hydrogens is 229 g/mol. The molecule has 0 saturated carbocycles. The summed E-state index contributed by atoms with van der Waals surface area (Å²) in [5.41, 5.74) is 0.00956. The number of nitrogens with one attached hydrogen (secondary N) is 1. The van der Waals surface area contributed by atoms with Crippen LogP contribution in [0.15, 0.2) is 18.3 Å². The molecule has 0 aromatic carbocycles. The van der Waals surface area contributed by atoms with Crippen molar-refractivity contribution in [2.75, 3.05) is 6.54 Å². The van der Waals surface area contributed by atoms with Gasteiger partial charge in [-0.05, 0) is 37.4 Å². The van der Waals surface area contributed by atoms with Crippen LogP contribution in [0.2, 0.25) is 0 Å². The van der Waals surface area contributed by atoms with E-state index in [4.69, 9.17) is 0 Å². The summed E-state index contributed by atoms with van der Waals surface area (Å²) < 4.78 is 37.1. The van der Waals surface area contributed by atoms with Crippen LogP contribution in [0.1, 0.15) is 37.1 Å². The highest BCUT2D eigenvalue weighted by atomic mass is 19.4. The van der Waals surface area contributed by atoms with Crippen LogP contribution >= 0.6 is 0 Å². The molecule has 94 valence electrons. The Bertz CT molecular complexity index is 364. The van der Waals surface area contributed by atoms with Crippen LogP contribution in [0, 0.1) is 5.92 Å². The van der Waals surface area contributed by atoms with Crippen LogP contribution in [-0.2, 0) is 6.18 Å². The average molecular weight is 244 g/mol. The quantitative estimate of drug-likeness (QED) is 0.820. The standard InChI is InChI=1S/C12H15F3N2/c1-8-2-4-10(16-6-8)11-5-3-9(7-17-11)12(13,14)15/h3,5,7-8,10,16H,2,4,6H2,1H3. The van der Waals surface area contributed by atoms with E-state index in [0.717, 1.165) is 31.6 Å². The topological polar surface area (TPSA) is 24.9 Å². The molecule has 2 heterocycles. The predicted octanol–water partition coefficient (Wildman–Crippen LogP) is 3.16. The highest BCUT2D eigenvalue weighted by molar-refractivity contribution is 5.19. The van der Waals surface area contributed by atoms with Gasteiger partial charge in [-0.25, -0.2) is 0 Å². The first kappa shape index (κ1) is 12.4. The van der Waals surface area contributed by atoms with Crippen LogP contribution in [0.3, 0.4) is 0 Å². The molecule has 2 rings (SSSR count). The number of nitrogens with zero attached hydrogens (tertiary/aromatic N) is 1. The minimum atomic E-state index is -4.31. The average Bonchev–Trinajstić information content (AvgIpc) is 2.29. The zero-order valence-corrected chi connectivity index (χ0v) is 9.59. The SMILES string of the molecule is CC1CCC(c2ccc(C(F)(F)F)cn2)NC1. The first-order chi connectivity index (χ1) is 7.97. The molecule has 1 aliphatic heterocycles. The molecule has 0 spiro atoms. The van der Waals surface area contributed by atoms with Gasteiger partial charge in [-0.15, -0.1) is 0 Å². The molecule has 1 aromatic heterocycles. The highest BCUT2D eigenvalue weighted by Crippen LogP contribution is 2.30. The maximum atomic E-state index is 12.4. The van der Waals surface area contributed by atoms with Crippen LogP contribution < -0.4 is 5.32 Å². The number of rotatable bonds is 1. The summed E-state index contributed by atoms with van der Waals surface area (Å²) in [6, 6.07) is 2.66. The lowest BCUT2D eigenvalue weighted by molar-refractivity contribution is -0.137. The Morgan fingerprint density at radius 2 is 2.06 bits per heavy atom. The van der Waals surface area contributed by atoms with Crippen LogP contribution in [0.25, 0.3) is 0 Å². The third-order valence-corrected chi connectivity index (χ3v) is 3.13. The van der Waals surface area contributed by atoms with Crippen LogP contribution in [-0.4, -0.2) is 11.5 Å². The first-order valence-corrected chi connectivity index (χ1v) is 5.73. The van der Waals surface area contributed by atoms with Gasteiger partial charge in [0.15, 0.2) is 0 Å². The van der Waals surface area contributed by atoms with E-state index < -0.39 is 11.7 Å². The predicted molar refractivity (Wildman–Crippen MR) is 58.4 cm³/mol. The number of hydrogen-bond acceptors (Lipinski definition) is 2. The molecule has 0 bridgehead atoms. The first-order valence-electron chi connectivity index (χ1n) is 5.73. The van der Waals surface area contributed by atoms with Crippen molar-refractivity contribution in [1.82, 2.24) is 10.3 Å². The molecule has 2 unspecified atom stereocenters. The van der Waals surface area contributed by atoms with Crippen molar-refractivity contribution in [1.29, 1.82) is 0 Å². The number of pyridine rings is 1. The smallest absolute Gasteiger partial charge is 0.308 e. The summed E-state index contributed by atoms with van der Waals surface area (Å²) in [5.74, 6) is 0.626. The molecule has 1 saturated heterocycles. The fourth-order valence-corrected chi connectivity index (χ4v) is 2.03. The van der Waals surface area contributed by atoms with E-state index in [1.165, 1.54) is 6.07 Å². The zero-order valence-electron chi connectivity index (χ0n) is 9.59. The fraction of sp³-hybridized carbons (Fsp3) is 0.583. The second-order valence-electron chi connectivity index (χ2n) is 4.61. The van der Waals surface area contributed by atoms with Crippen molar-refractivity contribution in [3.63, 3.8) is 0 Å². The van der Waals surface area contributed by atoms with Crippen molar-refractivity contribution in [2.45, 2.75) is 32.0 Å². The van der Waals surface area contributed by atoms with E-state index in [-0.39, 0.29) is 6.04 Å². The van der Waals surface area contributed by atoms with Gasteiger partial charge in [-0.1, -0.05) is 6.92 Å². The molecule has 0 amide bonds. The van der Waals surface area contributed by atoms with Crippen molar-refractivity contribution in [3.8, 4) is 0 Å². The monoisotopic (exact) mass is 244 g/mol. The third-order valence-electron chi connectivity index (χ3n) is 3.13. The summed E-state index contributed by atoms with van der Waals surface area (Å²) in [5, 5.41) is 3.30. The number of hydrogen-bond donors (Lipinski definition) is 1. The minimum Gasteiger partial charge on any atom is -0.308 e. The Morgan fingerprint density at radius 1 is 1.29 bits per heavy atom. The Labute approximate surface area is 98.2 Å². The minimum absolute atomic E-state index is 0.0912. The summed E-state index contributed by atoms with van der Waals surface area (Å²) >= 11 is 0. The van der Waals surface area contributed by atoms with Gasteiger partial charge < -0.3 is 5.32 Å². The second-order valence-corrected chi connectivity index (χ2v) is 4.61. The Kier molecular flexibility index (Phi) is 3.38. The van der Waals surface area contributed by atoms with Crippen molar-refractivity contribution < 1.29 is 13.2 Å². The molecular formula is C12H15F3N2. The lowest BCUT2D eigenvalue weighted by Crippen LogP contribution is -2.32. The molecule has 0 aliphatic carbocycles. The van der Waals surface area contributed by atoms with Gasteiger partial charge >= 0.3 is 6.18 Å². The Balaban J connectivity index is 2.08. The second kappa shape index (κ2) is 4.64. The number of aromatic nitrogens is 1. The van der Waals surface area contributed by atoms with Crippen molar-refractivity contribution >= 4 is 0 Å². The zero-order chi connectivity index (χ0) is 12.5. The fourth-order valence-electron chi connectivity index (χ4n) is 2.03. The summed E-state index contributed by atoms with van der Waals surface area (Å²) in [4.78, 5) is 3.91. The summed E-state index contributed by atoms with van der Waals surface area (Å²) in [6.45, 7) is 3.05. The maximum absolute atomic E-state index is 12.4. The lowest BCUT2D eigenvalue weighted by atomic mass is 9.94. The van der Waals surface area contributed by atoms with E-state index in [0.29, 0.717) is 11.6 Å². The number of alkyl halides is 3. The molecule has 1 N–H and O–H groups in total. The normalized spacial score (nSPS) is 25.9. The van der Waals surface area contributed by atoms with Gasteiger partial charge in [0.25, 0.3) is 0 Å². The molecule has 1 aliphatic rings. The van der Waals surface area contributed by atoms with Gasteiger partial charge in [0.05, 0.1) is 11.3 Å².